The molecule has 0 saturated carbocycles. The minimum atomic E-state index is -0.344. The maximum atomic E-state index is 12.4. The smallest absolute Gasteiger partial charge is 0.253 e. The summed E-state index contributed by atoms with van der Waals surface area (Å²) in [6, 6.07) is 1.31. The first kappa shape index (κ1) is 14.1. The first-order valence-corrected chi connectivity index (χ1v) is 6.79. The van der Waals surface area contributed by atoms with Gasteiger partial charge in [-0.1, -0.05) is 24.2 Å². The molecule has 9 nitrogen and oxygen atoms in total. The quantitative estimate of drug-likeness (QED) is 0.761. The lowest BCUT2D eigenvalue weighted by Crippen LogP contribution is -2.32. The van der Waals surface area contributed by atoms with Gasteiger partial charge >= 0.3 is 0 Å². The lowest BCUT2D eigenvalue weighted by Gasteiger charge is -2.18. The molecule has 114 valence electrons. The number of aryl methyl sites for hydroxylation is 1. The molecule has 1 atom stereocenters. The van der Waals surface area contributed by atoms with Crippen LogP contribution in [0.5, 0.6) is 0 Å². The number of rotatable bonds is 4. The van der Waals surface area contributed by atoms with E-state index in [1.807, 2.05) is 13.8 Å². The van der Waals surface area contributed by atoms with E-state index in [0.29, 0.717) is 22.6 Å². The number of nitrogens with one attached hydrogen (secondary N) is 1. The van der Waals surface area contributed by atoms with Crippen LogP contribution in [0, 0.1) is 5.92 Å². The summed E-state index contributed by atoms with van der Waals surface area (Å²) in [6.07, 6.45) is 2.73. The molecule has 0 fully saturated rings. The Morgan fingerprint density at radius 3 is 2.86 bits per heavy atom. The van der Waals surface area contributed by atoms with E-state index >= 15 is 0 Å². The van der Waals surface area contributed by atoms with Crippen molar-refractivity contribution < 1.29 is 9.32 Å². The van der Waals surface area contributed by atoms with Crippen molar-refractivity contribution in [2.24, 2.45) is 13.0 Å². The Morgan fingerprint density at radius 2 is 2.18 bits per heavy atom. The van der Waals surface area contributed by atoms with Crippen LogP contribution in [0.3, 0.4) is 0 Å². The van der Waals surface area contributed by atoms with E-state index in [4.69, 9.17) is 4.52 Å². The first-order chi connectivity index (χ1) is 10.6. The van der Waals surface area contributed by atoms with Gasteiger partial charge in [-0.2, -0.15) is 4.98 Å². The van der Waals surface area contributed by atoms with E-state index in [0.717, 1.165) is 0 Å². The number of carbonyl (C=O) groups excluding carboxylic acids is 1. The molecule has 0 saturated heterocycles. The van der Waals surface area contributed by atoms with Crippen molar-refractivity contribution in [1.82, 2.24) is 35.4 Å². The molecule has 0 spiro atoms. The molecule has 0 radical (unpaired) electrons. The molecular formula is C13H15N7O2. The maximum absolute atomic E-state index is 12.4. The standard InChI is InChI=1S/C13H15N7O2/c1-7(2)10(11-15-6-22-18-11)16-13(21)8-4-9-12(14-5-8)20(3)19-17-9/h4-7,10H,1-3H3,(H,16,21)/t10-/m0/s1. The lowest BCUT2D eigenvalue weighted by atomic mass is 10.0. The van der Waals surface area contributed by atoms with Crippen LogP contribution in [0.2, 0.25) is 0 Å². The Morgan fingerprint density at radius 1 is 1.36 bits per heavy atom. The molecule has 0 aromatic carbocycles. The fourth-order valence-corrected chi connectivity index (χ4v) is 2.12. The van der Waals surface area contributed by atoms with Gasteiger partial charge in [0, 0.05) is 13.2 Å². The van der Waals surface area contributed by atoms with Crippen molar-refractivity contribution in [3.8, 4) is 0 Å². The molecule has 0 aliphatic rings. The zero-order valence-electron chi connectivity index (χ0n) is 12.4. The van der Waals surface area contributed by atoms with Gasteiger partial charge in [-0.25, -0.2) is 9.67 Å². The molecule has 0 aliphatic heterocycles. The SMILES string of the molecule is CC(C)[C@H](NC(=O)c1cnc2c(c1)nnn2C)c1ncon1. The van der Waals surface area contributed by atoms with Gasteiger partial charge in [0.2, 0.25) is 6.39 Å². The number of carbonyl (C=O) groups is 1. The van der Waals surface area contributed by atoms with Gasteiger partial charge in [0.1, 0.15) is 5.52 Å². The summed E-state index contributed by atoms with van der Waals surface area (Å²) in [4.78, 5) is 20.6. The van der Waals surface area contributed by atoms with E-state index in [-0.39, 0.29) is 17.9 Å². The Bertz CT molecular complexity index is 794. The van der Waals surface area contributed by atoms with E-state index < -0.39 is 0 Å². The number of amides is 1. The van der Waals surface area contributed by atoms with Gasteiger partial charge in [0.05, 0.1) is 11.6 Å². The highest BCUT2D eigenvalue weighted by Gasteiger charge is 2.23. The minimum Gasteiger partial charge on any atom is -0.343 e. The largest absolute Gasteiger partial charge is 0.343 e. The summed E-state index contributed by atoms with van der Waals surface area (Å²) in [5.41, 5.74) is 1.59. The average molecular weight is 301 g/mol. The minimum absolute atomic E-state index is 0.106. The summed E-state index contributed by atoms with van der Waals surface area (Å²) < 4.78 is 6.30. The summed E-state index contributed by atoms with van der Waals surface area (Å²) in [7, 11) is 1.74. The van der Waals surface area contributed by atoms with Crippen LogP contribution in [-0.4, -0.2) is 36.0 Å². The van der Waals surface area contributed by atoms with E-state index in [1.165, 1.54) is 12.6 Å². The van der Waals surface area contributed by atoms with Crippen molar-refractivity contribution in [1.29, 1.82) is 0 Å². The highest BCUT2D eigenvalue weighted by Crippen LogP contribution is 2.19. The third kappa shape index (κ3) is 2.52. The second-order valence-electron chi connectivity index (χ2n) is 5.26. The van der Waals surface area contributed by atoms with Gasteiger partial charge in [0.15, 0.2) is 11.5 Å². The highest BCUT2D eigenvalue weighted by molar-refractivity contribution is 5.96. The van der Waals surface area contributed by atoms with Crippen LogP contribution in [0.1, 0.15) is 36.1 Å². The normalized spacial score (nSPS) is 12.7. The second kappa shape index (κ2) is 5.51. The van der Waals surface area contributed by atoms with Gasteiger partial charge < -0.3 is 9.84 Å². The van der Waals surface area contributed by atoms with Crippen molar-refractivity contribution in [3.63, 3.8) is 0 Å². The van der Waals surface area contributed by atoms with Crippen LogP contribution in [0.4, 0.5) is 0 Å². The third-order valence-electron chi connectivity index (χ3n) is 3.31. The third-order valence-corrected chi connectivity index (χ3v) is 3.31. The Balaban J connectivity index is 1.85. The fraction of sp³-hybridized carbons (Fsp3) is 0.385. The summed E-state index contributed by atoms with van der Waals surface area (Å²) in [5, 5.41) is 14.5. The maximum Gasteiger partial charge on any atom is 0.253 e. The number of nitrogens with zero attached hydrogens (tertiary/aromatic N) is 6. The lowest BCUT2D eigenvalue weighted by molar-refractivity contribution is 0.0922. The molecule has 22 heavy (non-hydrogen) atoms. The second-order valence-corrected chi connectivity index (χ2v) is 5.26. The number of hydrogen-bond donors (Lipinski definition) is 1. The Kier molecular flexibility index (Phi) is 3.53. The Labute approximate surface area is 125 Å². The molecule has 3 heterocycles. The molecule has 0 unspecified atom stereocenters. The van der Waals surface area contributed by atoms with E-state index in [1.54, 1.807) is 17.8 Å². The topological polar surface area (TPSA) is 112 Å². The monoisotopic (exact) mass is 301 g/mol. The first-order valence-electron chi connectivity index (χ1n) is 6.79. The van der Waals surface area contributed by atoms with E-state index in [2.05, 4.69) is 30.8 Å². The van der Waals surface area contributed by atoms with Crippen LogP contribution in [0.25, 0.3) is 11.2 Å². The summed E-state index contributed by atoms with van der Waals surface area (Å²) in [5.74, 6) is 0.273. The summed E-state index contributed by atoms with van der Waals surface area (Å²) >= 11 is 0. The Hall–Kier alpha value is -2.84. The van der Waals surface area contributed by atoms with Gasteiger partial charge in [0.25, 0.3) is 5.91 Å². The molecule has 9 heteroatoms. The molecule has 1 N–H and O–H groups in total. The van der Waals surface area contributed by atoms with Gasteiger partial charge in [-0.15, -0.1) is 5.10 Å². The predicted octanol–water partition coefficient (Wildman–Crippen LogP) is 0.873. The van der Waals surface area contributed by atoms with Crippen LogP contribution in [-0.2, 0) is 7.05 Å². The molecule has 1 amide bonds. The number of fused-ring (bicyclic) bond motifs is 1. The van der Waals surface area contributed by atoms with Crippen molar-refractivity contribution in [3.05, 3.63) is 30.0 Å². The van der Waals surface area contributed by atoms with Crippen LogP contribution >= 0.6 is 0 Å². The molecular weight excluding hydrogens is 286 g/mol. The van der Waals surface area contributed by atoms with Crippen molar-refractivity contribution in [2.45, 2.75) is 19.9 Å². The highest BCUT2D eigenvalue weighted by atomic mass is 16.5. The molecule has 3 aromatic heterocycles. The fourth-order valence-electron chi connectivity index (χ4n) is 2.12. The van der Waals surface area contributed by atoms with Gasteiger partial charge in [-0.3, -0.25) is 4.79 Å². The van der Waals surface area contributed by atoms with E-state index in [9.17, 15) is 4.79 Å². The van der Waals surface area contributed by atoms with Crippen LogP contribution in [0.15, 0.2) is 23.2 Å². The number of hydrogen-bond acceptors (Lipinski definition) is 7. The molecule has 0 bridgehead atoms. The zero-order valence-corrected chi connectivity index (χ0v) is 12.4. The number of aromatic nitrogens is 6. The van der Waals surface area contributed by atoms with Crippen molar-refractivity contribution >= 4 is 17.1 Å². The predicted molar refractivity (Wildman–Crippen MR) is 75.6 cm³/mol. The zero-order chi connectivity index (χ0) is 15.7. The molecule has 3 aromatic rings. The average Bonchev–Trinajstić information content (AvgIpc) is 3.14. The van der Waals surface area contributed by atoms with Crippen molar-refractivity contribution in [2.75, 3.05) is 0 Å². The molecule has 0 aliphatic carbocycles. The molecule has 3 rings (SSSR count). The summed E-state index contributed by atoms with van der Waals surface area (Å²) in [6.45, 7) is 3.93. The van der Waals surface area contributed by atoms with Gasteiger partial charge in [-0.05, 0) is 12.0 Å². The van der Waals surface area contributed by atoms with Crippen LogP contribution < -0.4 is 5.32 Å². The number of pyridine rings is 1.